The Morgan fingerprint density at radius 3 is 2.38 bits per heavy atom. The molecule has 0 fully saturated rings. The molecule has 0 aliphatic heterocycles. The van der Waals surface area contributed by atoms with Crippen molar-refractivity contribution in [1.82, 2.24) is 0 Å². The molecule has 0 radical (unpaired) electrons. The van der Waals surface area contributed by atoms with Gasteiger partial charge in [0.2, 0.25) is 0 Å². The van der Waals surface area contributed by atoms with Gasteiger partial charge in [0.05, 0.1) is 13.2 Å². The van der Waals surface area contributed by atoms with Gasteiger partial charge in [-0.15, -0.1) is 0 Å². The fraction of sp³-hybridized carbons (Fsp3) is 0.714. The van der Waals surface area contributed by atoms with Crippen LogP contribution in [0.4, 0.5) is 0 Å². The van der Waals surface area contributed by atoms with Crippen LogP contribution in [0.1, 0.15) is 77.6 Å². The third-order valence-corrected chi connectivity index (χ3v) is 4.17. The number of hydrogen-bond donors (Lipinski definition) is 2. The predicted molar refractivity (Wildman–Crippen MR) is 104 cm³/mol. The highest BCUT2D eigenvalue weighted by atomic mass is 16.5. The van der Waals surface area contributed by atoms with Crippen LogP contribution in [-0.4, -0.2) is 41.3 Å². The Morgan fingerprint density at radius 2 is 1.69 bits per heavy atom. The maximum Gasteiger partial charge on any atom is 0.305 e. The van der Waals surface area contributed by atoms with Crippen LogP contribution >= 0.6 is 0 Å². The lowest BCUT2D eigenvalue weighted by Crippen LogP contribution is -2.21. The molecule has 0 rings (SSSR count). The number of Topliss-reactive ketones (excluding diaryl/α,β-unsaturated/α-hetero) is 1. The van der Waals surface area contributed by atoms with Gasteiger partial charge in [0.25, 0.3) is 0 Å². The maximum atomic E-state index is 11.8. The lowest BCUT2D eigenvalue weighted by molar-refractivity contribution is -0.140. The third-order valence-electron chi connectivity index (χ3n) is 4.17. The summed E-state index contributed by atoms with van der Waals surface area (Å²) in [7, 11) is 1.39. The van der Waals surface area contributed by atoms with Crippen molar-refractivity contribution in [3.05, 3.63) is 24.3 Å². The summed E-state index contributed by atoms with van der Waals surface area (Å²) in [6.07, 6.45) is 13.9. The molecule has 0 aliphatic carbocycles. The summed E-state index contributed by atoms with van der Waals surface area (Å²) >= 11 is 0. The van der Waals surface area contributed by atoms with Crippen molar-refractivity contribution in [1.29, 1.82) is 0 Å². The van der Waals surface area contributed by atoms with Crippen molar-refractivity contribution >= 4 is 11.8 Å². The van der Waals surface area contributed by atoms with Gasteiger partial charge in [-0.05, 0) is 38.5 Å². The standard InChI is InChI=1S/C21H36O5/c1-3-4-10-14-19(23)20(24)17-16-18(22)13-11-8-6-5-7-9-12-15-21(25)26-2/h5,7-8,11,18-19,22-23H,3-4,6,9-10,12-17H2,1-2H3. The second-order valence-corrected chi connectivity index (χ2v) is 6.55. The van der Waals surface area contributed by atoms with Gasteiger partial charge in [0, 0.05) is 12.8 Å². The summed E-state index contributed by atoms with van der Waals surface area (Å²) < 4.78 is 4.57. The van der Waals surface area contributed by atoms with E-state index in [4.69, 9.17) is 0 Å². The van der Waals surface area contributed by atoms with Gasteiger partial charge in [-0.1, -0.05) is 50.5 Å². The number of carbonyl (C=O) groups excluding carboxylic acids is 2. The Kier molecular flexibility index (Phi) is 16.0. The van der Waals surface area contributed by atoms with Crippen LogP contribution in [0.25, 0.3) is 0 Å². The zero-order chi connectivity index (χ0) is 19.6. The fourth-order valence-corrected chi connectivity index (χ4v) is 2.45. The summed E-state index contributed by atoms with van der Waals surface area (Å²) in [6, 6.07) is 0. The minimum absolute atomic E-state index is 0.168. The van der Waals surface area contributed by atoms with Crippen molar-refractivity contribution in [2.45, 2.75) is 89.8 Å². The summed E-state index contributed by atoms with van der Waals surface area (Å²) in [5.74, 6) is -0.349. The van der Waals surface area contributed by atoms with E-state index in [1.54, 1.807) is 0 Å². The summed E-state index contributed by atoms with van der Waals surface area (Å²) in [4.78, 5) is 22.7. The minimum atomic E-state index is -0.881. The quantitative estimate of drug-likeness (QED) is 0.245. The predicted octanol–water partition coefficient (Wildman–Crippen LogP) is 3.87. The fourth-order valence-electron chi connectivity index (χ4n) is 2.45. The molecule has 2 atom stereocenters. The molecule has 2 N–H and O–H groups in total. The van der Waals surface area contributed by atoms with Gasteiger partial charge in [-0.3, -0.25) is 9.59 Å². The molecule has 26 heavy (non-hydrogen) atoms. The largest absolute Gasteiger partial charge is 0.469 e. The van der Waals surface area contributed by atoms with Gasteiger partial charge in [-0.2, -0.15) is 0 Å². The first-order valence-electron chi connectivity index (χ1n) is 9.76. The number of carbonyl (C=O) groups is 2. The zero-order valence-corrected chi connectivity index (χ0v) is 16.4. The Morgan fingerprint density at radius 1 is 0.962 bits per heavy atom. The zero-order valence-electron chi connectivity index (χ0n) is 16.4. The number of aliphatic hydroxyl groups excluding tert-OH is 2. The smallest absolute Gasteiger partial charge is 0.305 e. The number of allylic oxidation sites excluding steroid dienone is 3. The molecular weight excluding hydrogens is 332 g/mol. The summed E-state index contributed by atoms with van der Waals surface area (Å²) in [6.45, 7) is 2.08. The van der Waals surface area contributed by atoms with E-state index in [9.17, 15) is 19.8 Å². The monoisotopic (exact) mass is 368 g/mol. The molecule has 0 aliphatic rings. The van der Waals surface area contributed by atoms with Crippen LogP contribution in [0, 0.1) is 0 Å². The van der Waals surface area contributed by atoms with E-state index >= 15 is 0 Å². The Bertz CT molecular complexity index is 428. The molecule has 0 spiro atoms. The molecule has 0 saturated heterocycles. The number of ketones is 1. The molecule has 0 aromatic heterocycles. The normalized spacial score (nSPS) is 14.0. The van der Waals surface area contributed by atoms with Crippen molar-refractivity contribution in [3.8, 4) is 0 Å². The first kappa shape index (κ1) is 24.5. The summed E-state index contributed by atoms with van der Waals surface area (Å²) in [5, 5.41) is 19.7. The number of ether oxygens (including phenoxy) is 1. The molecule has 5 nitrogen and oxygen atoms in total. The molecule has 0 saturated carbocycles. The average molecular weight is 369 g/mol. The Hall–Kier alpha value is -1.46. The van der Waals surface area contributed by atoms with E-state index in [2.05, 4.69) is 11.7 Å². The van der Waals surface area contributed by atoms with Gasteiger partial charge in [0.15, 0.2) is 5.78 Å². The SMILES string of the molecule is CCCCCC(O)C(=O)CCC(O)CC=CCC=CCCCC(=O)OC. The van der Waals surface area contributed by atoms with E-state index in [1.165, 1.54) is 7.11 Å². The number of esters is 1. The van der Waals surface area contributed by atoms with Crippen molar-refractivity contribution in [3.63, 3.8) is 0 Å². The topological polar surface area (TPSA) is 83.8 Å². The maximum absolute atomic E-state index is 11.8. The van der Waals surface area contributed by atoms with Gasteiger partial charge >= 0.3 is 5.97 Å². The third kappa shape index (κ3) is 14.8. The highest BCUT2D eigenvalue weighted by molar-refractivity contribution is 5.82. The van der Waals surface area contributed by atoms with E-state index in [-0.39, 0.29) is 18.2 Å². The number of unbranched alkanes of at least 4 members (excludes halogenated alkanes) is 3. The Labute approximate surface area is 158 Å². The van der Waals surface area contributed by atoms with Crippen molar-refractivity contribution in [2.75, 3.05) is 7.11 Å². The highest BCUT2D eigenvalue weighted by Gasteiger charge is 2.15. The summed E-state index contributed by atoms with van der Waals surface area (Å²) in [5.41, 5.74) is 0. The first-order chi connectivity index (χ1) is 12.5. The minimum Gasteiger partial charge on any atom is -0.469 e. The van der Waals surface area contributed by atoms with Crippen LogP contribution in [0.2, 0.25) is 0 Å². The lowest BCUT2D eigenvalue weighted by atomic mass is 10.0. The molecule has 2 unspecified atom stereocenters. The molecule has 0 amide bonds. The molecular formula is C21H36O5. The van der Waals surface area contributed by atoms with Crippen molar-refractivity contribution < 1.29 is 24.5 Å². The number of rotatable bonds is 16. The van der Waals surface area contributed by atoms with E-state index in [0.29, 0.717) is 25.7 Å². The lowest BCUT2D eigenvalue weighted by Gasteiger charge is -2.11. The van der Waals surface area contributed by atoms with Gasteiger partial charge in [-0.25, -0.2) is 0 Å². The average Bonchev–Trinajstić information content (AvgIpc) is 2.64. The van der Waals surface area contributed by atoms with Crippen LogP contribution in [0.5, 0.6) is 0 Å². The van der Waals surface area contributed by atoms with Crippen molar-refractivity contribution in [2.24, 2.45) is 0 Å². The molecule has 0 bridgehead atoms. The second-order valence-electron chi connectivity index (χ2n) is 6.55. The van der Waals surface area contributed by atoms with Gasteiger partial charge < -0.3 is 14.9 Å². The Balaban J connectivity index is 3.71. The number of aliphatic hydroxyl groups is 2. The van der Waals surface area contributed by atoms with E-state index in [1.807, 2.05) is 24.3 Å². The number of hydrogen-bond acceptors (Lipinski definition) is 5. The molecule has 0 aromatic carbocycles. The molecule has 5 heteroatoms. The number of methoxy groups -OCH3 is 1. The van der Waals surface area contributed by atoms with Crippen LogP contribution in [0.15, 0.2) is 24.3 Å². The van der Waals surface area contributed by atoms with Crippen LogP contribution < -0.4 is 0 Å². The van der Waals surface area contributed by atoms with E-state index in [0.717, 1.165) is 38.5 Å². The van der Waals surface area contributed by atoms with E-state index < -0.39 is 12.2 Å². The van der Waals surface area contributed by atoms with Crippen LogP contribution in [0.3, 0.4) is 0 Å². The molecule has 150 valence electrons. The van der Waals surface area contributed by atoms with Crippen LogP contribution in [-0.2, 0) is 14.3 Å². The molecule has 0 heterocycles. The first-order valence-corrected chi connectivity index (χ1v) is 9.76. The molecule has 0 aromatic rings. The van der Waals surface area contributed by atoms with Gasteiger partial charge in [0.1, 0.15) is 6.10 Å². The second kappa shape index (κ2) is 17.0. The highest BCUT2D eigenvalue weighted by Crippen LogP contribution is 2.10.